The monoisotopic (exact) mass is 451 g/mol. The highest BCUT2D eigenvalue weighted by Gasteiger charge is 2.33. The van der Waals surface area contributed by atoms with Gasteiger partial charge in [-0.15, -0.1) is 0 Å². The number of aliphatic carboxylic acids is 1. The molecule has 1 aliphatic carbocycles. The summed E-state index contributed by atoms with van der Waals surface area (Å²) in [4.78, 5) is 25.0. The van der Waals surface area contributed by atoms with Gasteiger partial charge in [0.1, 0.15) is 5.82 Å². The molecule has 2 aromatic rings. The van der Waals surface area contributed by atoms with Crippen LogP contribution in [0.2, 0.25) is 5.02 Å². The van der Waals surface area contributed by atoms with E-state index in [1.807, 2.05) is 18.2 Å². The van der Waals surface area contributed by atoms with E-state index in [1.54, 1.807) is 10.7 Å². The summed E-state index contributed by atoms with van der Waals surface area (Å²) in [6.45, 7) is 3.85. The van der Waals surface area contributed by atoms with Crippen LogP contribution in [0.25, 0.3) is 5.69 Å². The topological polar surface area (TPSA) is 146 Å². The standard InChI is InChI=1S/C19H26ClN5O2.C2H4O2/c1-2-9-27-16-10-12(7-8-14(16)21)19-23-18(11-17(22)26)24-25(19)15-6-4-3-5-13(15)20;1-2(3)4/h3-6,12,14,16H,2,7-11,21H2,1H3,(H2,22,26);1H3,(H,3,4)/t12-,14-,16-;/m0./s1. The van der Waals surface area contributed by atoms with E-state index in [9.17, 15) is 4.79 Å². The normalized spacial score (nSPS) is 20.6. The van der Waals surface area contributed by atoms with Gasteiger partial charge in [-0.3, -0.25) is 9.59 Å². The molecule has 0 bridgehead atoms. The number of ether oxygens (including phenoxy) is 1. The zero-order valence-corrected chi connectivity index (χ0v) is 18.6. The number of benzene rings is 1. The quantitative estimate of drug-likeness (QED) is 0.585. The lowest BCUT2D eigenvalue weighted by molar-refractivity contribution is -0.134. The number of amides is 1. The molecule has 0 unspecified atom stereocenters. The molecule has 1 amide bonds. The Balaban J connectivity index is 0.000000785. The zero-order valence-electron chi connectivity index (χ0n) is 17.8. The van der Waals surface area contributed by atoms with E-state index in [0.29, 0.717) is 17.5 Å². The third kappa shape index (κ3) is 7.30. The van der Waals surface area contributed by atoms with Crippen molar-refractivity contribution in [1.82, 2.24) is 14.8 Å². The van der Waals surface area contributed by atoms with Crippen LogP contribution in [0.3, 0.4) is 0 Å². The molecule has 3 atom stereocenters. The Morgan fingerprint density at radius 3 is 2.61 bits per heavy atom. The lowest BCUT2D eigenvalue weighted by Crippen LogP contribution is -2.42. The molecular weight excluding hydrogens is 422 g/mol. The van der Waals surface area contributed by atoms with E-state index in [1.165, 1.54) is 0 Å². The Morgan fingerprint density at radius 1 is 1.32 bits per heavy atom. The molecule has 0 saturated heterocycles. The molecule has 10 heteroatoms. The molecule has 0 radical (unpaired) electrons. The van der Waals surface area contributed by atoms with Crippen molar-refractivity contribution < 1.29 is 19.4 Å². The summed E-state index contributed by atoms with van der Waals surface area (Å²) in [5.41, 5.74) is 12.3. The summed E-state index contributed by atoms with van der Waals surface area (Å²) in [6.07, 6.45) is 3.42. The van der Waals surface area contributed by atoms with Crippen molar-refractivity contribution in [3.63, 3.8) is 0 Å². The molecule has 5 N–H and O–H groups in total. The highest BCUT2D eigenvalue weighted by Crippen LogP contribution is 2.35. The van der Waals surface area contributed by atoms with Crippen LogP contribution in [0.15, 0.2) is 24.3 Å². The predicted molar refractivity (Wildman–Crippen MR) is 117 cm³/mol. The summed E-state index contributed by atoms with van der Waals surface area (Å²) in [6, 6.07) is 7.47. The second kappa shape index (κ2) is 11.8. The molecule has 9 nitrogen and oxygen atoms in total. The van der Waals surface area contributed by atoms with E-state index in [-0.39, 0.29) is 24.5 Å². The van der Waals surface area contributed by atoms with Gasteiger partial charge in [-0.05, 0) is 37.8 Å². The van der Waals surface area contributed by atoms with E-state index >= 15 is 0 Å². The predicted octanol–water partition coefficient (Wildman–Crippen LogP) is 2.43. The third-order valence-electron chi connectivity index (χ3n) is 4.83. The van der Waals surface area contributed by atoms with E-state index in [2.05, 4.69) is 17.0 Å². The lowest BCUT2D eigenvalue weighted by Gasteiger charge is -2.33. The van der Waals surface area contributed by atoms with E-state index in [4.69, 9.17) is 37.7 Å². The zero-order chi connectivity index (χ0) is 23.0. The van der Waals surface area contributed by atoms with Crippen molar-refractivity contribution in [3.8, 4) is 5.69 Å². The molecule has 0 aliphatic heterocycles. The highest BCUT2D eigenvalue weighted by atomic mass is 35.5. The minimum atomic E-state index is -0.833. The number of carboxylic acids is 1. The van der Waals surface area contributed by atoms with Crippen LogP contribution in [-0.2, 0) is 20.7 Å². The van der Waals surface area contributed by atoms with Crippen LogP contribution in [0, 0.1) is 0 Å². The summed E-state index contributed by atoms with van der Waals surface area (Å²) in [5.74, 6) is -0.000553. The maximum Gasteiger partial charge on any atom is 0.300 e. The Bertz CT molecular complexity index is 884. The Kier molecular flexibility index (Phi) is 9.42. The number of carbonyl (C=O) groups is 2. The molecule has 1 heterocycles. The molecular formula is C21H30ClN5O4. The smallest absolute Gasteiger partial charge is 0.300 e. The average Bonchev–Trinajstić information content (AvgIpc) is 3.10. The van der Waals surface area contributed by atoms with Crippen LogP contribution in [0.1, 0.15) is 57.1 Å². The summed E-state index contributed by atoms with van der Waals surface area (Å²) >= 11 is 6.38. The molecule has 1 fully saturated rings. The van der Waals surface area contributed by atoms with Gasteiger partial charge in [-0.2, -0.15) is 5.10 Å². The van der Waals surface area contributed by atoms with Gasteiger partial charge in [-0.25, -0.2) is 9.67 Å². The fourth-order valence-electron chi connectivity index (χ4n) is 3.51. The number of rotatable bonds is 7. The van der Waals surface area contributed by atoms with Gasteiger partial charge < -0.3 is 21.3 Å². The second-order valence-corrected chi connectivity index (χ2v) is 7.90. The van der Waals surface area contributed by atoms with Crippen molar-refractivity contribution in [2.45, 2.75) is 64.0 Å². The van der Waals surface area contributed by atoms with Gasteiger partial charge >= 0.3 is 0 Å². The molecule has 1 aromatic heterocycles. The summed E-state index contributed by atoms with van der Waals surface area (Å²) < 4.78 is 7.69. The average molecular weight is 452 g/mol. The van der Waals surface area contributed by atoms with Gasteiger partial charge in [0.15, 0.2) is 5.82 Å². The maximum absolute atomic E-state index is 11.4. The van der Waals surface area contributed by atoms with Crippen molar-refractivity contribution in [2.24, 2.45) is 11.5 Å². The number of nitrogens with zero attached hydrogens (tertiary/aromatic N) is 3. The first-order chi connectivity index (χ1) is 14.7. The fraction of sp³-hybridized carbons (Fsp3) is 0.524. The first kappa shape index (κ1) is 24.8. The number of carboxylic acid groups (broad SMARTS) is 1. The van der Waals surface area contributed by atoms with Crippen molar-refractivity contribution in [1.29, 1.82) is 0 Å². The van der Waals surface area contributed by atoms with Crippen molar-refractivity contribution >= 4 is 23.5 Å². The van der Waals surface area contributed by atoms with Crippen molar-refractivity contribution in [3.05, 3.63) is 40.9 Å². The molecule has 31 heavy (non-hydrogen) atoms. The molecule has 170 valence electrons. The number of primary amides is 1. The number of nitrogens with two attached hydrogens (primary N) is 2. The molecule has 1 aromatic carbocycles. The Labute approximate surface area is 186 Å². The van der Waals surface area contributed by atoms with Gasteiger partial charge in [-0.1, -0.05) is 30.7 Å². The fourth-order valence-corrected chi connectivity index (χ4v) is 3.73. The number of halogens is 1. The van der Waals surface area contributed by atoms with Gasteiger partial charge in [0.2, 0.25) is 5.91 Å². The Morgan fingerprint density at radius 2 is 2.00 bits per heavy atom. The number of carbonyl (C=O) groups excluding carboxylic acids is 1. The minimum Gasteiger partial charge on any atom is -0.481 e. The number of hydrogen-bond donors (Lipinski definition) is 3. The van der Waals surface area contributed by atoms with Crippen LogP contribution >= 0.6 is 11.6 Å². The lowest BCUT2D eigenvalue weighted by atomic mass is 9.83. The van der Waals surface area contributed by atoms with E-state index in [0.717, 1.165) is 44.1 Å². The SMILES string of the molecule is CC(=O)O.CCCO[C@H]1C[C@@H](c2nc(CC(N)=O)nn2-c2ccccc2Cl)CC[C@@H]1N. The maximum atomic E-state index is 11.4. The molecule has 0 spiro atoms. The summed E-state index contributed by atoms with van der Waals surface area (Å²) in [7, 11) is 0. The van der Waals surface area contributed by atoms with Crippen LogP contribution in [0.4, 0.5) is 0 Å². The number of para-hydroxylation sites is 1. The van der Waals surface area contributed by atoms with E-state index < -0.39 is 11.9 Å². The molecule has 1 saturated carbocycles. The van der Waals surface area contributed by atoms with Crippen LogP contribution in [0.5, 0.6) is 0 Å². The van der Waals surface area contributed by atoms with Crippen LogP contribution < -0.4 is 11.5 Å². The third-order valence-corrected chi connectivity index (χ3v) is 5.15. The second-order valence-electron chi connectivity index (χ2n) is 7.49. The van der Waals surface area contributed by atoms with Gasteiger partial charge in [0.25, 0.3) is 5.97 Å². The largest absolute Gasteiger partial charge is 0.481 e. The van der Waals surface area contributed by atoms with Crippen LogP contribution in [-0.4, -0.2) is 50.5 Å². The van der Waals surface area contributed by atoms with Gasteiger partial charge in [0.05, 0.1) is 23.2 Å². The molecule has 1 aliphatic rings. The Hall–Kier alpha value is -2.49. The minimum absolute atomic E-state index is 0.00749. The highest BCUT2D eigenvalue weighted by molar-refractivity contribution is 6.32. The number of hydrogen-bond acceptors (Lipinski definition) is 6. The first-order valence-electron chi connectivity index (χ1n) is 10.3. The molecule has 3 rings (SSSR count). The first-order valence-corrected chi connectivity index (χ1v) is 10.7. The summed E-state index contributed by atoms with van der Waals surface area (Å²) in [5, 5.41) is 12.5. The number of aromatic nitrogens is 3. The van der Waals surface area contributed by atoms with Gasteiger partial charge in [0, 0.05) is 25.5 Å². The van der Waals surface area contributed by atoms with Crippen molar-refractivity contribution in [2.75, 3.05) is 6.61 Å².